The van der Waals surface area contributed by atoms with Crippen molar-refractivity contribution in [2.24, 2.45) is 0 Å². The van der Waals surface area contributed by atoms with Crippen LogP contribution < -0.4 is 46.4 Å². The predicted molar refractivity (Wildman–Crippen MR) is 422 cm³/mol. The van der Waals surface area contributed by atoms with Crippen molar-refractivity contribution in [1.29, 1.82) is 0 Å². The Kier molecular flexibility index (Phi) is 27.8. The lowest BCUT2D eigenvalue weighted by molar-refractivity contribution is -0.120. The Bertz CT molecular complexity index is 5440. The molecule has 2 amide bonds. The van der Waals surface area contributed by atoms with Gasteiger partial charge in [-0.3, -0.25) is 9.59 Å². The van der Waals surface area contributed by atoms with Crippen LogP contribution in [0.25, 0.3) is 43.6 Å². The maximum absolute atomic E-state index is 14.7. The van der Waals surface area contributed by atoms with Crippen molar-refractivity contribution >= 4 is 90.3 Å². The molecule has 2 saturated heterocycles. The fourth-order valence-corrected chi connectivity index (χ4v) is 13.7. The van der Waals surface area contributed by atoms with Gasteiger partial charge in [-0.15, -0.1) is 0 Å². The first-order valence-corrected chi connectivity index (χ1v) is 37.4. The van der Waals surface area contributed by atoms with Gasteiger partial charge in [-0.1, -0.05) is 72.8 Å². The van der Waals surface area contributed by atoms with Gasteiger partial charge in [0.25, 0.3) is 25.7 Å². The van der Waals surface area contributed by atoms with E-state index in [-0.39, 0.29) is 52.0 Å². The minimum atomic E-state index is -2.91. The molecule has 12 aromatic rings. The molecule has 6 atom stereocenters. The number of hydrogen-bond donors (Lipinski definition) is 6. The van der Waals surface area contributed by atoms with E-state index >= 15 is 0 Å². The summed E-state index contributed by atoms with van der Waals surface area (Å²) in [4.78, 5) is 78.5. The largest absolute Gasteiger partial charge is 0.478 e. The highest BCUT2D eigenvalue weighted by Gasteiger charge is 2.30. The molecular formula is C82H83F13N20O3. The number of pyridine rings is 4. The summed E-state index contributed by atoms with van der Waals surface area (Å²) in [5.41, 5.74) is 0.172. The average molecular weight is 1640 g/mol. The second-order valence-electron chi connectivity index (χ2n) is 28.0. The molecule has 2 fully saturated rings. The third-order valence-electron chi connectivity index (χ3n) is 19.3. The van der Waals surface area contributed by atoms with Crippen LogP contribution >= 0.6 is 0 Å². The third-order valence-corrected chi connectivity index (χ3v) is 19.3. The number of carbonyl (C=O) groups is 2. The Morgan fingerprint density at radius 3 is 0.983 bits per heavy atom. The smallest absolute Gasteiger partial charge is 0.266 e. The van der Waals surface area contributed by atoms with Crippen molar-refractivity contribution in [3.63, 3.8) is 0 Å². The molecule has 0 saturated carbocycles. The lowest BCUT2D eigenvalue weighted by Crippen LogP contribution is -2.35. The van der Waals surface area contributed by atoms with Crippen molar-refractivity contribution in [3.8, 4) is 5.88 Å². The Balaban J connectivity index is 0.000000155. The molecule has 4 aromatic carbocycles. The Morgan fingerprint density at radius 2 is 0.686 bits per heavy atom. The molecule has 0 spiro atoms. The molecule has 36 heteroatoms. The van der Waals surface area contributed by atoms with E-state index in [9.17, 15) is 66.7 Å². The van der Waals surface area contributed by atoms with Crippen molar-refractivity contribution in [2.75, 3.05) is 63.9 Å². The molecule has 0 aliphatic carbocycles. The SMILES string of the molecule is CC(=O)N[C@@H]1CCN(c2cc3c(N[C@H](C)c4cccc(C(F)F)c4F)nc(C)nc3cn2)C1.CC(=O)N[C@H]1CCN(c2cc3c(N[C@H](C)c4cccc(C(F)F)c4F)nc(C)nc3cn2)C1.CCOc1cc2c(N[C@H](C)c3cccc(C(F)F)c3F)nc(C)nc2cn1.Cc1nc(N[C@H](C)c2cccc(C(F)F)c2F)c2cc(F)ncc2n1. The van der Waals surface area contributed by atoms with E-state index < -0.39 is 101 Å². The van der Waals surface area contributed by atoms with E-state index in [0.29, 0.717) is 122 Å². The van der Waals surface area contributed by atoms with E-state index in [2.05, 4.69) is 102 Å². The molecule has 14 rings (SSSR count). The van der Waals surface area contributed by atoms with Crippen LogP contribution in [0.15, 0.2) is 122 Å². The Labute approximate surface area is 669 Å². The van der Waals surface area contributed by atoms with Crippen LogP contribution in [-0.2, 0) is 9.59 Å². The summed E-state index contributed by atoms with van der Waals surface area (Å²) in [5.74, 6) is 0.838. The third kappa shape index (κ3) is 20.8. The zero-order valence-corrected chi connectivity index (χ0v) is 65.7. The van der Waals surface area contributed by atoms with Gasteiger partial charge < -0.3 is 46.4 Å². The normalized spacial score (nSPS) is 15.0. The number of halogens is 13. The van der Waals surface area contributed by atoms with E-state index in [1.165, 1.54) is 68.6 Å². The number of nitrogens with zero attached hydrogens (tertiary/aromatic N) is 14. The summed E-state index contributed by atoms with van der Waals surface area (Å²) in [5, 5.41) is 20.6. The first-order chi connectivity index (χ1) is 56.2. The van der Waals surface area contributed by atoms with Crippen molar-refractivity contribution in [1.82, 2.24) is 70.4 Å². The number of ether oxygens (including phenoxy) is 1. The fraction of sp³-hybridized carbons (Fsp3) is 0.341. The van der Waals surface area contributed by atoms with E-state index in [4.69, 9.17) is 4.74 Å². The van der Waals surface area contributed by atoms with E-state index in [1.807, 2.05) is 19.1 Å². The van der Waals surface area contributed by atoms with Gasteiger partial charge >= 0.3 is 0 Å². The predicted octanol–water partition coefficient (Wildman–Crippen LogP) is 18.3. The van der Waals surface area contributed by atoms with Crippen LogP contribution in [-0.4, -0.2) is 116 Å². The standard InChI is InChI=1S/2C23H25F3N6O.C19H19F3N4O.C17H14F4N4/c2*1-12(16-5-4-6-17(21(16)24)22(25)26)28-23-18-9-20(27-10-19(18)29-13(2)30-23)32-8-7-15(11-32)31-14(3)33;1-4-27-16-8-14-15(9-23-16)25-11(3)26-19(14)24-10(2)12-6-5-7-13(17(12)20)18(21)22;1-8(10-4-3-5-11(15(10)19)16(20)21)23-17-12-6-14(18)22-7-13(12)24-9(2)25-17/h2*4-6,9-10,12,15,22H,7-8,11H2,1-3H3,(H,31,33)(H,28,29,30);5-10,18H,4H2,1-3H3,(H,24,25,26);3-8,16H,1-2H3,(H,23,24,25)/t12-,15+;12-,15-;10-;8-/m1111/s1. The van der Waals surface area contributed by atoms with Crippen LogP contribution in [0.1, 0.15) is 179 Å². The maximum Gasteiger partial charge on any atom is 0.266 e. The van der Waals surface area contributed by atoms with Crippen LogP contribution in [0.4, 0.5) is 92.0 Å². The molecule has 2 aliphatic heterocycles. The monoisotopic (exact) mass is 1640 g/mol. The van der Waals surface area contributed by atoms with Gasteiger partial charge in [0.1, 0.15) is 81.5 Å². The highest BCUT2D eigenvalue weighted by atomic mass is 19.3. The van der Waals surface area contributed by atoms with Crippen molar-refractivity contribution < 1.29 is 71.4 Å². The number of anilines is 6. The molecule has 0 radical (unpaired) electrons. The summed E-state index contributed by atoms with van der Waals surface area (Å²) in [7, 11) is 0. The van der Waals surface area contributed by atoms with Gasteiger partial charge in [-0.25, -0.2) is 112 Å². The zero-order valence-electron chi connectivity index (χ0n) is 65.7. The molecular weight excluding hydrogens is 1560 g/mol. The van der Waals surface area contributed by atoms with E-state index in [0.717, 1.165) is 56.3 Å². The van der Waals surface area contributed by atoms with Crippen LogP contribution in [0.3, 0.4) is 0 Å². The summed E-state index contributed by atoms with van der Waals surface area (Å²) < 4.78 is 181. The highest BCUT2D eigenvalue weighted by Crippen LogP contribution is 2.38. The number of amides is 2. The fourth-order valence-electron chi connectivity index (χ4n) is 13.7. The molecule has 23 nitrogen and oxygen atoms in total. The molecule has 620 valence electrons. The Morgan fingerprint density at radius 1 is 0.407 bits per heavy atom. The first kappa shape index (κ1) is 86.3. The number of aryl methyl sites for hydroxylation is 4. The van der Waals surface area contributed by atoms with Crippen LogP contribution in [0, 0.1) is 56.9 Å². The number of benzene rings is 4. The topological polar surface area (TPSA) is 277 Å². The van der Waals surface area contributed by atoms with Gasteiger partial charge in [0.05, 0.1) is 99.9 Å². The van der Waals surface area contributed by atoms with E-state index in [1.54, 1.807) is 80.0 Å². The molecule has 118 heavy (non-hydrogen) atoms. The molecule has 6 N–H and O–H groups in total. The molecule has 2 aliphatic rings. The van der Waals surface area contributed by atoms with Crippen LogP contribution in [0.2, 0.25) is 0 Å². The number of hydrogen-bond acceptors (Lipinski definition) is 21. The minimum absolute atomic E-state index is 0.0527. The first-order valence-electron chi connectivity index (χ1n) is 37.4. The minimum Gasteiger partial charge on any atom is -0.478 e. The van der Waals surface area contributed by atoms with Crippen LogP contribution in [0.5, 0.6) is 5.88 Å². The maximum atomic E-state index is 14.7. The second-order valence-corrected chi connectivity index (χ2v) is 28.0. The molecule has 10 heterocycles. The number of alkyl halides is 8. The van der Waals surface area contributed by atoms with Gasteiger partial charge in [-0.2, -0.15) is 4.39 Å². The zero-order chi connectivity index (χ0) is 85.1. The molecule has 0 unspecified atom stereocenters. The summed E-state index contributed by atoms with van der Waals surface area (Å²) in [6.45, 7) is 21.6. The van der Waals surface area contributed by atoms with Crippen molar-refractivity contribution in [3.05, 3.63) is 219 Å². The van der Waals surface area contributed by atoms with Gasteiger partial charge in [0.2, 0.25) is 23.6 Å². The second kappa shape index (κ2) is 38.0. The lowest BCUT2D eigenvalue weighted by atomic mass is 10.0. The number of aromatic nitrogens is 12. The summed E-state index contributed by atoms with van der Waals surface area (Å²) in [6, 6.07) is 19.9. The summed E-state index contributed by atoms with van der Waals surface area (Å²) >= 11 is 0. The number of fused-ring (bicyclic) bond motifs is 4. The van der Waals surface area contributed by atoms with Gasteiger partial charge in [0, 0.05) is 108 Å². The molecule has 8 aromatic heterocycles. The van der Waals surface area contributed by atoms with Gasteiger partial charge in [0.15, 0.2) is 0 Å². The van der Waals surface area contributed by atoms with Crippen molar-refractivity contribution in [2.45, 2.75) is 151 Å². The number of carbonyl (C=O) groups excluding carboxylic acids is 2. The molecule has 0 bridgehead atoms. The average Bonchev–Trinajstić information content (AvgIpc) is 1.22. The quantitative estimate of drug-likeness (QED) is 0.0272. The highest BCUT2D eigenvalue weighted by molar-refractivity contribution is 5.93. The number of nitrogens with one attached hydrogen (secondary N) is 6. The van der Waals surface area contributed by atoms with Gasteiger partial charge in [-0.05, 0) is 87.3 Å². The lowest BCUT2D eigenvalue weighted by Gasteiger charge is -2.20. The summed E-state index contributed by atoms with van der Waals surface area (Å²) in [6.07, 6.45) is -3.80. The Hall–Kier alpha value is -12.5. The number of rotatable bonds is 22.